The highest BCUT2D eigenvalue weighted by atomic mass is 35.5. The zero-order valence-electron chi connectivity index (χ0n) is 31.1. The van der Waals surface area contributed by atoms with Crippen LogP contribution in [0.5, 0.6) is 11.5 Å². The number of aromatic nitrogens is 4. The summed E-state index contributed by atoms with van der Waals surface area (Å²) in [6.45, 7) is 8.63. The van der Waals surface area contributed by atoms with Crippen LogP contribution >= 0.6 is 23.2 Å². The Morgan fingerprint density at radius 3 is 1.54 bits per heavy atom. The van der Waals surface area contributed by atoms with Crippen LogP contribution in [0.25, 0.3) is 44.3 Å². The first kappa shape index (κ1) is 36.5. The first-order valence-corrected chi connectivity index (χ1v) is 19.8. The van der Waals surface area contributed by atoms with Crippen molar-refractivity contribution in [3.8, 4) is 33.8 Å². The second-order valence-corrected chi connectivity index (χ2v) is 15.9. The number of benzene rings is 2. The summed E-state index contributed by atoms with van der Waals surface area (Å²) in [5.41, 5.74) is 7.37. The molecule has 2 aromatic carbocycles. The summed E-state index contributed by atoms with van der Waals surface area (Å²) in [4.78, 5) is 44.9. The van der Waals surface area contributed by atoms with E-state index in [2.05, 4.69) is 44.4 Å². The van der Waals surface area contributed by atoms with Crippen LogP contribution in [0.1, 0.15) is 25.0 Å². The fourth-order valence-corrected chi connectivity index (χ4v) is 8.87. The van der Waals surface area contributed by atoms with Crippen LogP contribution in [-0.2, 0) is 22.4 Å². The Hall–Kier alpha value is -5.14. The van der Waals surface area contributed by atoms with Gasteiger partial charge < -0.3 is 39.9 Å². The lowest BCUT2D eigenvalue weighted by Gasteiger charge is -2.33. The average molecular weight is 794 g/mol. The maximum atomic E-state index is 13.0. The molecule has 4 aromatic heterocycles. The molecule has 10 rings (SSSR count). The van der Waals surface area contributed by atoms with Crippen molar-refractivity contribution in [1.29, 1.82) is 0 Å². The summed E-state index contributed by atoms with van der Waals surface area (Å²) in [7, 11) is 0. The van der Waals surface area contributed by atoms with Crippen LogP contribution in [-0.4, -0.2) is 105 Å². The van der Waals surface area contributed by atoms with Gasteiger partial charge >= 0.3 is 0 Å². The van der Waals surface area contributed by atoms with Gasteiger partial charge in [0.2, 0.25) is 0 Å². The van der Waals surface area contributed by atoms with Gasteiger partial charge in [-0.1, -0.05) is 23.2 Å². The first-order chi connectivity index (χ1) is 27.2. The predicted octanol–water partition coefficient (Wildman–Crippen LogP) is 6.01. The zero-order chi connectivity index (χ0) is 38.5. The van der Waals surface area contributed by atoms with Crippen molar-refractivity contribution >= 4 is 57.1 Å². The molecule has 288 valence electrons. The maximum Gasteiger partial charge on any atom is 0.264 e. The number of aromatic amines is 2. The van der Waals surface area contributed by atoms with E-state index in [1.165, 1.54) is 0 Å². The van der Waals surface area contributed by atoms with E-state index >= 15 is 0 Å². The number of rotatable bonds is 4. The van der Waals surface area contributed by atoms with E-state index in [0.717, 1.165) is 80.0 Å². The lowest BCUT2D eigenvalue weighted by atomic mass is 9.99. The number of carbonyl (C=O) groups is 2. The Bertz CT molecular complexity index is 2300. The summed E-state index contributed by atoms with van der Waals surface area (Å²) in [5, 5.41) is 10.0. The molecule has 8 heterocycles. The highest BCUT2D eigenvalue weighted by molar-refractivity contribution is 6.31. The molecule has 56 heavy (non-hydrogen) atoms. The lowest BCUT2D eigenvalue weighted by molar-refractivity contribution is -0.139. The molecule has 0 unspecified atom stereocenters. The molecule has 0 bridgehead atoms. The summed E-state index contributed by atoms with van der Waals surface area (Å²) < 4.78 is 12.4. The Labute approximate surface area is 333 Å². The van der Waals surface area contributed by atoms with Gasteiger partial charge in [0.15, 0.2) is 12.2 Å². The fraction of sp³-hybridized carbons (Fsp3) is 0.333. The minimum Gasteiger partial charge on any atom is -0.479 e. The molecule has 0 aliphatic carbocycles. The minimum atomic E-state index is -0.499. The molecule has 0 saturated carbocycles. The van der Waals surface area contributed by atoms with Gasteiger partial charge in [0, 0.05) is 132 Å². The number of nitrogens with zero attached hydrogens (tertiary/aromatic N) is 4. The van der Waals surface area contributed by atoms with E-state index in [0.29, 0.717) is 61.1 Å². The molecule has 4 aliphatic rings. The Morgan fingerprint density at radius 2 is 1.11 bits per heavy atom. The van der Waals surface area contributed by atoms with Gasteiger partial charge in [0.05, 0.1) is 0 Å². The Kier molecular flexibility index (Phi) is 9.82. The average Bonchev–Trinajstić information content (AvgIpc) is 4.03. The highest BCUT2D eigenvalue weighted by Crippen LogP contribution is 2.45. The third kappa shape index (κ3) is 6.95. The van der Waals surface area contributed by atoms with Gasteiger partial charge in [-0.15, -0.1) is 0 Å². The molecule has 14 heteroatoms. The molecule has 0 spiro atoms. The van der Waals surface area contributed by atoms with Crippen LogP contribution in [0.2, 0.25) is 10.0 Å². The van der Waals surface area contributed by atoms with E-state index in [9.17, 15) is 9.59 Å². The van der Waals surface area contributed by atoms with Crippen LogP contribution in [0.15, 0.2) is 73.3 Å². The third-order valence-electron chi connectivity index (χ3n) is 11.0. The molecule has 0 radical (unpaired) electrons. The third-order valence-corrected chi connectivity index (χ3v) is 11.4. The van der Waals surface area contributed by atoms with Crippen molar-refractivity contribution < 1.29 is 19.1 Å². The van der Waals surface area contributed by atoms with Gasteiger partial charge in [0.1, 0.15) is 22.8 Å². The summed E-state index contributed by atoms with van der Waals surface area (Å²) >= 11 is 12.8. The largest absolute Gasteiger partial charge is 0.479 e. The predicted molar refractivity (Wildman–Crippen MR) is 217 cm³/mol. The summed E-state index contributed by atoms with van der Waals surface area (Å²) in [5.74, 6) is 1.60. The molecule has 2 amide bonds. The van der Waals surface area contributed by atoms with Gasteiger partial charge in [-0.05, 0) is 73.5 Å². The Morgan fingerprint density at radius 1 is 0.661 bits per heavy atom. The number of pyridine rings is 2. The fourth-order valence-electron chi connectivity index (χ4n) is 8.39. The Balaban J connectivity index is 0.000000146. The number of hydrogen-bond acceptors (Lipinski definition) is 8. The molecule has 4 atom stereocenters. The van der Waals surface area contributed by atoms with Gasteiger partial charge in [-0.3, -0.25) is 9.59 Å². The number of amides is 2. The molecular formula is C42H42Cl2N8O4. The van der Waals surface area contributed by atoms with Crippen molar-refractivity contribution in [2.24, 2.45) is 0 Å². The number of hydrogen-bond donors (Lipinski definition) is 4. The topological polar surface area (TPSA) is 140 Å². The number of fused-ring (bicyclic) bond motifs is 4. The monoisotopic (exact) mass is 792 g/mol. The zero-order valence-corrected chi connectivity index (χ0v) is 32.6. The lowest BCUT2D eigenvalue weighted by Crippen LogP contribution is -2.54. The number of H-pyrrole nitrogens is 2. The van der Waals surface area contributed by atoms with E-state index in [1.54, 1.807) is 12.4 Å². The van der Waals surface area contributed by atoms with Crippen molar-refractivity contribution in [3.05, 3.63) is 94.5 Å². The number of piperazine rings is 2. The van der Waals surface area contributed by atoms with Crippen LogP contribution in [0.3, 0.4) is 0 Å². The molecule has 4 N–H and O–H groups in total. The van der Waals surface area contributed by atoms with Crippen molar-refractivity contribution in [2.75, 3.05) is 39.3 Å². The molecule has 6 aromatic rings. The standard InChI is InChI=1S/2C21H21ClN4O2/c2*1-12-11-26(7-6-23-12)21(27)18-9-13-8-14(22)10-17(19(13)28-18)15-2-4-24-20-16(15)3-5-25-20/h2*2-5,8,10,12,18,23H,6-7,9,11H2,1H3,(H,24,25)/t12-,18+;12-,18-/m11/s1. The minimum absolute atomic E-state index is 0.0492. The van der Waals surface area contributed by atoms with Crippen LogP contribution in [0.4, 0.5) is 0 Å². The second kappa shape index (κ2) is 15.1. The van der Waals surface area contributed by atoms with E-state index < -0.39 is 12.2 Å². The van der Waals surface area contributed by atoms with Crippen LogP contribution in [0, 0.1) is 0 Å². The van der Waals surface area contributed by atoms with Gasteiger partial charge in [0.25, 0.3) is 11.8 Å². The SMILES string of the molecule is C[C@@H]1CN(C(=O)[C@@H]2Cc3cc(Cl)cc(-c4ccnc5[nH]ccc45)c3O2)CCN1.C[C@@H]1CN(C(=O)[C@H]2Cc3cc(Cl)cc(-c4ccnc5[nH]ccc45)c3O2)CCN1. The number of ether oxygens (including phenoxy) is 2. The maximum absolute atomic E-state index is 13.0. The summed E-state index contributed by atoms with van der Waals surface area (Å²) in [6.07, 6.45) is 7.35. The summed E-state index contributed by atoms with van der Waals surface area (Å²) in [6, 6.07) is 16.1. The molecule has 2 saturated heterocycles. The van der Waals surface area contributed by atoms with E-state index in [4.69, 9.17) is 32.7 Å². The number of nitrogens with one attached hydrogen (secondary N) is 4. The molecule has 4 aliphatic heterocycles. The van der Waals surface area contributed by atoms with E-state index in [-0.39, 0.29) is 11.8 Å². The molecule has 2 fully saturated rings. The van der Waals surface area contributed by atoms with Crippen molar-refractivity contribution in [1.82, 2.24) is 40.4 Å². The van der Waals surface area contributed by atoms with Gasteiger partial charge in [-0.25, -0.2) is 9.97 Å². The molecule has 12 nitrogen and oxygen atoms in total. The van der Waals surface area contributed by atoms with Crippen molar-refractivity contribution in [3.63, 3.8) is 0 Å². The second-order valence-electron chi connectivity index (χ2n) is 15.0. The number of carbonyl (C=O) groups excluding carboxylic acids is 2. The number of halogens is 2. The normalized spacial score (nSPS) is 21.6. The highest BCUT2D eigenvalue weighted by Gasteiger charge is 2.37. The quantitative estimate of drug-likeness (QED) is 0.170. The van der Waals surface area contributed by atoms with Crippen LogP contribution < -0.4 is 20.1 Å². The first-order valence-electron chi connectivity index (χ1n) is 19.1. The smallest absolute Gasteiger partial charge is 0.264 e. The van der Waals surface area contributed by atoms with Gasteiger partial charge in [-0.2, -0.15) is 0 Å². The van der Waals surface area contributed by atoms with Crippen molar-refractivity contribution in [2.45, 2.75) is 51.0 Å². The molecular weight excluding hydrogens is 751 g/mol. The van der Waals surface area contributed by atoms with E-state index in [1.807, 2.05) is 70.7 Å².